The Bertz CT molecular complexity index is 757. The van der Waals surface area contributed by atoms with Gasteiger partial charge in [0.25, 0.3) is 5.56 Å². The smallest absolute Gasteiger partial charge is 0.326 e. The quantitative estimate of drug-likeness (QED) is 0.806. The molecular formula is C17H22N2O3S. The lowest BCUT2D eigenvalue weighted by molar-refractivity contribution is -0.151. The van der Waals surface area contributed by atoms with Crippen LogP contribution in [0.5, 0.6) is 0 Å². The summed E-state index contributed by atoms with van der Waals surface area (Å²) in [6.07, 6.45) is 6.36. The van der Waals surface area contributed by atoms with Crippen LogP contribution in [0.2, 0.25) is 0 Å². The maximum absolute atomic E-state index is 12.5. The van der Waals surface area contributed by atoms with E-state index in [4.69, 9.17) is 4.74 Å². The molecule has 0 radical (unpaired) electrons. The molecule has 2 aromatic heterocycles. The zero-order valence-corrected chi connectivity index (χ0v) is 14.4. The van der Waals surface area contributed by atoms with Crippen molar-refractivity contribution < 1.29 is 9.53 Å². The zero-order valence-electron chi connectivity index (χ0n) is 13.6. The van der Waals surface area contributed by atoms with Gasteiger partial charge in [-0.1, -0.05) is 13.8 Å². The average Bonchev–Trinajstić information content (AvgIpc) is 2.96. The number of carbonyl (C=O) groups is 1. The third-order valence-corrected chi connectivity index (χ3v) is 5.67. The molecule has 124 valence electrons. The first-order chi connectivity index (χ1) is 11.1. The van der Waals surface area contributed by atoms with Gasteiger partial charge in [0.15, 0.2) is 0 Å². The number of ether oxygens (including phenoxy) is 1. The topological polar surface area (TPSA) is 61.2 Å². The summed E-state index contributed by atoms with van der Waals surface area (Å²) in [6.45, 7) is 4.21. The minimum atomic E-state index is -0.348. The fourth-order valence-corrected chi connectivity index (χ4v) is 3.93. The number of aryl methyl sites for hydroxylation is 1. The van der Waals surface area contributed by atoms with Crippen molar-refractivity contribution in [2.24, 2.45) is 5.92 Å². The first kappa shape index (κ1) is 16.2. The third-order valence-electron chi connectivity index (χ3n) is 4.48. The summed E-state index contributed by atoms with van der Waals surface area (Å²) in [5.41, 5.74) is -0.167. The molecule has 0 spiro atoms. The van der Waals surface area contributed by atoms with Crippen LogP contribution in [0.1, 0.15) is 44.4 Å². The highest BCUT2D eigenvalue weighted by Gasteiger charge is 2.22. The molecular weight excluding hydrogens is 312 g/mol. The van der Waals surface area contributed by atoms with Crippen LogP contribution in [0, 0.1) is 5.92 Å². The first-order valence-corrected chi connectivity index (χ1v) is 9.05. The van der Waals surface area contributed by atoms with E-state index in [0.717, 1.165) is 41.8 Å². The van der Waals surface area contributed by atoms with E-state index in [9.17, 15) is 9.59 Å². The summed E-state index contributed by atoms with van der Waals surface area (Å²) < 4.78 is 6.86. The molecule has 0 atom stereocenters. The van der Waals surface area contributed by atoms with Gasteiger partial charge in [-0.2, -0.15) is 0 Å². The molecule has 0 unspecified atom stereocenters. The molecule has 1 fully saturated rings. The summed E-state index contributed by atoms with van der Waals surface area (Å²) in [5, 5.41) is 0.591. The summed E-state index contributed by atoms with van der Waals surface area (Å²) in [4.78, 5) is 30.7. The first-order valence-electron chi connectivity index (χ1n) is 8.24. The molecule has 2 heterocycles. The van der Waals surface area contributed by atoms with Crippen molar-refractivity contribution in [2.45, 2.75) is 58.6 Å². The molecule has 0 bridgehead atoms. The van der Waals surface area contributed by atoms with Gasteiger partial charge in [0.05, 0.1) is 11.7 Å². The maximum atomic E-state index is 12.5. The van der Waals surface area contributed by atoms with Gasteiger partial charge in [0.2, 0.25) is 0 Å². The van der Waals surface area contributed by atoms with E-state index < -0.39 is 0 Å². The predicted octanol–water partition coefficient (Wildman–Crippen LogP) is 3.14. The normalized spacial score (nSPS) is 21.5. The monoisotopic (exact) mass is 334 g/mol. The lowest BCUT2D eigenvalue weighted by Gasteiger charge is -2.26. The average molecular weight is 334 g/mol. The Morgan fingerprint density at radius 2 is 2.13 bits per heavy atom. The van der Waals surface area contributed by atoms with Gasteiger partial charge in [-0.25, -0.2) is 4.98 Å². The number of carbonyl (C=O) groups excluding carboxylic acids is 1. The van der Waals surface area contributed by atoms with E-state index >= 15 is 0 Å². The highest BCUT2D eigenvalue weighted by atomic mass is 32.1. The third kappa shape index (κ3) is 3.63. The van der Waals surface area contributed by atoms with Crippen LogP contribution in [0.15, 0.2) is 17.2 Å². The molecule has 1 aliphatic rings. The fraction of sp³-hybridized carbons (Fsp3) is 0.588. The van der Waals surface area contributed by atoms with Crippen molar-refractivity contribution in [2.75, 3.05) is 0 Å². The standard InChI is InChI=1S/C17H22N2O3S/c1-3-13-8-14-16(23-13)18-10-19(17(14)21)9-15(20)22-12-6-4-11(2)5-7-12/h8,10-12H,3-7,9H2,1-2H3. The van der Waals surface area contributed by atoms with Crippen molar-refractivity contribution >= 4 is 27.5 Å². The minimum absolute atomic E-state index is 0.000987. The van der Waals surface area contributed by atoms with E-state index in [1.807, 2.05) is 13.0 Å². The number of rotatable bonds is 4. The van der Waals surface area contributed by atoms with Crippen LogP contribution in [0.3, 0.4) is 0 Å². The Kier molecular flexibility index (Phi) is 4.80. The highest BCUT2D eigenvalue weighted by molar-refractivity contribution is 7.18. The molecule has 0 aromatic carbocycles. The summed E-state index contributed by atoms with van der Waals surface area (Å²) in [6, 6.07) is 1.87. The maximum Gasteiger partial charge on any atom is 0.326 e. The van der Waals surface area contributed by atoms with Gasteiger partial charge in [-0.15, -0.1) is 11.3 Å². The van der Waals surface area contributed by atoms with Crippen LogP contribution in [0.25, 0.3) is 10.2 Å². The number of fused-ring (bicyclic) bond motifs is 1. The molecule has 5 nitrogen and oxygen atoms in total. The Balaban J connectivity index is 1.69. The van der Waals surface area contributed by atoms with E-state index in [1.165, 1.54) is 22.2 Å². The molecule has 0 saturated heterocycles. The van der Waals surface area contributed by atoms with Crippen LogP contribution in [0.4, 0.5) is 0 Å². The van der Waals surface area contributed by atoms with E-state index in [0.29, 0.717) is 11.3 Å². The van der Waals surface area contributed by atoms with E-state index in [2.05, 4.69) is 11.9 Å². The van der Waals surface area contributed by atoms with Gasteiger partial charge < -0.3 is 4.74 Å². The molecule has 0 aliphatic heterocycles. The Hall–Kier alpha value is -1.69. The van der Waals surface area contributed by atoms with Gasteiger partial charge in [0, 0.05) is 4.88 Å². The summed E-state index contributed by atoms with van der Waals surface area (Å²) in [7, 11) is 0. The second kappa shape index (κ2) is 6.83. The Morgan fingerprint density at radius 3 is 2.83 bits per heavy atom. The van der Waals surface area contributed by atoms with E-state index in [-0.39, 0.29) is 24.2 Å². The van der Waals surface area contributed by atoms with Gasteiger partial charge in [0.1, 0.15) is 17.5 Å². The lowest BCUT2D eigenvalue weighted by Crippen LogP contribution is -2.29. The van der Waals surface area contributed by atoms with Crippen LogP contribution >= 0.6 is 11.3 Å². The number of aromatic nitrogens is 2. The zero-order chi connectivity index (χ0) is 16.4. The molecule has 0 amide bonds. The largest absolute Gasteiger partial charge is 0.461 e. The molecule has 6 heteroatoms. The number of nitrogens with zero attached hydrogens (tertiary/aromatic N) is 2. The Morgan fingerprint density at radius 1 is 1.39 bits per heavy atom. The molecule has 3 rings (SSSR count). The number of hydrogen-bond donors (Lipinski definition) is 0. The van der Waals surface area contributed by atoms with E-state index in [1.54, 1.807) is 0 Å². The SMILES string of the molecule is CCc1cc2c(=O)n(CC(=O)OC3CCC(C)CC3)cnc2s1. The highest BCUT2D eigenvalue weighted by Crippen LogP contribution is 2.25. The van der Waals surface area contributed by atoms with Crippen molar-refractivity contribution in [3.8, 4) is 0 Å². The lowest BCUT2D eigenvalue weighted by atomic mass is 9.89. The van der Waals surface area contributed by atoms with Crippen molar-refractivity contribution in [3.05, 3.63) is 27.6 Å². The summed E-state index contributed by atoms with van der Waals surface area (Å²) in [5.74, 6) is 0.365. The number of thiophene rings is 1. The number of esters is 1. The van der Waals surface area contributed by atoms with Gasteiger partial charge in [-0.3, -0.25) is 14.2 Å². The predicted molar refractivity (Wildman–Crippen MR) is 90.8 cm³/mol. The van der Waals surface area contributed by atoms with Crippen LogP contribution in [-0.4, -0.2) is 21.6 Å². The van der Waals surface area contributed by atoms with Crippen molar-refractivity contribution in [3.63, 3.8) is 0 Å². The molecule has 0 N–H and O–H groups in total. The van der Waals surface area contributed by atoms with Crippen molar-refractivity contribution in [1.82, 2.24) is 9.55 Å². The van der Waals surface area contributed by atoms with Crippen LogP contribution < -0.4 is 5.56 Å². The van der Waals surface area contributed by atoms with Crippen LogP contribution in [-0.2, 0) is 22.5 Å². The second-order valence-electron chi connectivity index (χ2n) is 6.33. The van der Waals surface area contributed by atoms with Gasteiger partial charge >= 0.3 is 5.97 Å². The second-order valence-corrected chi connectivity index (χ2v) is 7.45. The minimum Gasteiger partial charge on any atom is -0.461 e. The van der Waals surface area contributed by atoms with Crippen molar-refractivity contribution in [1.29, 1.82) is 0 Å². The molecule has 2 aromatic rings. The number of hydrogen-bond acceptors (Lipinski definition) is 5. The summed E-state index contributed by atoms with van der Waals surface area (Å²) >= 11 is 1.53. The molecule has 23 heavy (non-hydrogen) atoms. The Labute approximate surface area is 139 Å². The molecule has 1 aliphatic carbocycles. The van der Waals surface area contributed by atoms with Gasteiger partial charge in [-0.05, 0) is 44.1 Å². The fourth-order valence-electron chi connectivity index (χ4n) is 3.01. The molecule has 1 saturated carbocycles.